The van der Waals surface area contributed by atoms with Crippen molar-refractivity contribution in [3.63, 3.8) is 0 Å². The first-order valence-corrected chi connectivity index (χ1v) is 7.58. The van der Waals surface area contributed by atoms with Crippen LogP contribution in [0.2, 0.25) is 0 Å². The van der Waals surface area contributed by atoms with Crippen molar-refractivity contribution in [2.45, 2.75) is 65.1 Å². The summed E-state index contributed by atoms with van der Waals surface area (Å²) in [5, 5.41) is 3.75. The van der Waals surface area contributed by atoms with E-state index in [9.17, 15) is 0 Å². The van der Waals surface area contributed by atoms with E-state index in [1.807, 2.05) is 0 Å². The maximum atomic E-state index is 5.88. The number of nitrogens with zero attached hydrogens (tertiary/aromatic N) is 1. The standard InChI is InChI=1S/C15H30N2O/c1-12(2)17-8-9-18-13(11-17)10-16-14-6-5-7-15(14,3)4/h12-14,16H,5-11H2,1-4H3. The molecule has 1 aliphatic carbocycles. The lowest BCUT2D eigenvalue weighted by Gasteiger charge is -2.37. The summed E-state index contributed by atoms with van der Waals surface area (Å²) < 4.78 is 5.88. The summed E-state index contributed by atoms with van der Waals surface area (Å²) in [7, 11) is 0. The molecule has 2 fully saturated rings. The molecule has 1 N–H and O–H groups in total. The zero-order valence-corrected chi connectivity index (χ0v) is 12.5. The monoisotopic (exact) mass is 254 g/mol. The Bertz CT molecular complexity index is 265. The summed E-state index contributed by atoms with van der Waals surface area (Å²) in [5.74, 6) is 0. The average Bonchev–Trinajstić information content (AvgIpc) is 2.66. The molecule has 0 radical (unpaired) electrons. The first-order chi connectivity index (χ1) is 8.49. The fraction of sp³-hybridized carbons (Fsp3) is 1.00. The number of rotatable bonds is 4. The molecule has 18 heavy (non-hydrogen) atoms. The molecule has 3 heteroatoms. The van der Waals surface area contributed by atoms with Crippen LogP contribution in [0.1, 0.15) is 47.0 Å². The second kappa shape index (κ2) is 5.89. The highest BCUT2D eigenvalue weighted by atomic mass is 16.5. The highest BCUT2D eigenvalue weighted by Crippen LogP contribution is 2.37. The molecule has 2 rings (SSSR count). The van der Waals surface area contributed by atoms with Gasteiger partial charge in [0.1, 0.15) is 0 Å². The van der Waals surface area contributed by atoms with E-state index in [4.69, 9.17) is 4.74 Å². The molecular weight excluding hydrogens is 224 g/mol. The van der Waals surface area contributed by atoms with Crippen LogP contribution >= 0.6 is 0 Å². The van der Waals surface area contributed by atoms with Crippen LogP contribution in [0.25, 0.3) is 0 Å². The third-order valence-electron chi connectivity index (χ3n) is 4.75. The Morgan fingerprint density at radius 3 is 2.78 bits per heavy atom. The molecule has 2 unspecified atom stereocenters. The van der Waals surface area contributed by atoms with E-state index >= 15 is 0 Å². The normalized spacial score (nSPS) is 33.2. The molecule has 1 saturated carbocycles. The van der Waals surface area contributed by atoms with Gasteiger partial charge in [-0.25, -0.2) is 0 Å². The Hall–Kier alpha value is -0.120. The van der Waals surface area contributed by atoms with Gasteiger partial charge in [-0.2, -0.15) is 0 Å². The van der Waals surface area contributed by atoms with E-state index in [2.05, 4.69) is 37.9 Å². The molecule has 0 aromatic carbocycles. The molecule has 1 saturated heterocycles. The Labute approximate surface area is 112 Å². The minimum atomic E-state index is 0.373. The highest BCUT2D eigenvalue weighted by molar-refractivity contribution is 4.91. The lowest BCUT2D eigenvalue weighted by molar-refractivity contribution is -0.0391. The average molecular weight is 254 g/mol. The third kappa shape index (κ3) is 3.46. The molecule has 106 valence electrons. The summed E-state index contributed by atoms with van der Waals surface area (Å²) in [6.07, 6.45) is 4.42. The van der Waals surface area contributed by atoms with Gasteiger partial charge in [0, 0.05) is 31.7 Å². The van der Waals surface area contributed by atoms with Crippen molar-refractivity contribution in [3.8, 4) is 0 Å². The largest absolute Gasteiger partial charge is 0.374 e. The zero-order valence-electron chi connectivity index (χ0n) is 12.5. The molecule has 0 amide bonds. The van der Waals surface area contributed by atoms with Crippen molar-refractivity contribution in [3.05, 3.63) is 0 Å². The Morgan fingerprint density at radius 1 is 1.39 bits per heavy atom. The molecule has 2 atom stereocenters. The topological polar surface area (TPSA) is 24.5 Å². The van der Waals surface area contributed by atoms with E-state index in [0.717, 1.165) is 26.2 Å². The van der Waals surface area contributed by atoms with Crippen LogP contribution in [0.5, 0.6) is 0 Å². The summed E-state index contributed by atoms with van der Waals surface area (Å²) >= 11 is 0. The van der Waals surface area contributed by atoms with Crippen LogP contribution in [-0.2, 0) is 4.74 Å². The summed E-state index contributed by atoms with van der Waals surface area (Å²) in [6.45, 7) is 13.4. The lowest BCUT2D eigenvalue weighted by atomic mass is 9.87. The van der Waals surface area contributed by atoms with Gasteiger partial charge < -0.3 is 10.1 Å². The van der Waals surface area contributed by atoms with Crippen LogP contribution < -0.4 is 5.32 Å². The smallest absolute Gasteiger partial charge is 0.0826 e. The molecule has 0 aromatic heterocycles. The molecule has 3 nitrogen and oxygen atoms in total. The minimum absolute atomic E-state index is 0.373. The van der Waals surface area contributed by atoms with Crippen molar-refractivity contribution >= 4 is 0 Å². The molecule has 0 aromatic rings. The first-order valence-electron chi connectivity index (χ1n) is 7.58. The molecule has 0 bridgehead atoms. The van der Waals surface area contributed by atoms with Crippen molar-refractivity contribution in [2.75, 3.05) is 26.2 Å². The maximum Gasteiger partial charge on any atom is 0.0826 e. The number of ether oxygens (including phenoxy) is 1. The minimum Gasteiger partial charge on any atom is -0.374 e. The van der Waals surface area contributed by atoms with Crippen molar-refractivity contribution in [1.29, 1.82) is 0 Å². The van der Waals surface area contributed by atoms with Gasteiger partial charge in [0.15, 0.2) is 0 Å². The molecule has 1 heterocycles. The van der Waals surface area contributed by atoms with Gasteiger partial charge in [-0.15, -0.1) is 0 Å². The van der Waals surface area contributed by atoms with Crippen molar-refractivity contribution < 1.29 is 4.74 Å². The molecule has 0 spiro atoms. The van der Waals surface area contributed by atoms with Crippen LogP contribution in [0.3, 0.4) is 0 Å². The number of nitrogens with one attached hydrogen (secondary N) is 1. The van der Waals surface area contributed by atoms with Crippen molar-refractivity contribution in [2.24, 2.45) is 5.41 Å². The van der Waals surface area contributed by atoms with Gasteiger partial charge in [-0.3, -0.25) is 4.90 Å². The summed E-state index contributed by atoms with van der Waals surface area (Å²) in [6, 6.07) is 1.31. The van der Waals surface area contributed by atoms with Crippen LogP contribution in [0.4, 0.5) is 0 Å². The zero-order chi connectivity index (χ0) is 13.2. The van der Waals surface area contributed by atoms with Gasteiger partial charge in [-0.05, 0) is 32.1 Å². The summed E-state index contributed by atoms with van der Waals surface area (Å²) in [4.78, 5) is 2.52. The molecule has 2 aliphatic rings. The van der Waals surface area contributed by atoms with E-state index in [-0.39, 0.29) is 0 Å². The van der Waals surface area contributed by atoms with Crippen LogP contribution in [0.15, 0.2) is 0 Å². The van der Waals surface area contributed by atoms with E-state index < -0.39 is 0 Å². The quantitative estimate of drug-likeness (QED) is 0.833. The van der Waals surface area contributed by atoms with Crippen LogP contribution in [0, 0.1) is 5.41 Å². The SMILES string of the molecule is CC(C)N1CCOC(CNC2CCCC2(C)C)C1. The van der Waals surface area contributed by atoms with Gasteiger partial charge in [0.2, 0.25) is 0 Å². The highest BCUT2D eigenvalue weighted by Gasteiger charge is 2.34. The van der Waals surface area contributed by atoms with Gasteiger partial charge in [0.25, 0.3) is 0 Å². The predicted molar refractivity (Wildman–Crippen MR) is 75.9 cm³/mol. The molecular formula is C15H30N2O. The maximum absolute atomic E-state index is 5.88. The lowest BCUT2D eigenvalue weighted by Crippen LogP contribution is -2.51. The van der Waals surface area contributed by atoms with E-state index in [1.54, 1.807) is 0 Å². The second-order valence-corrected chi connectivity index (χ2v) is 6.92. The van der Waals surface area contributed by atoms with Gasteiger partial charge in [-0.1, -0.05) is 20.3 Å². The number of hydrogen-bond donors (Lipinski definition) is 1. The molecule has 1 aliphatic heterocycles. The third-order valence-corrected chi connectivity index (χ3v) is 4.75. The van der Waals surface area contributed by atoms with Gasteiger partial charge >= 0.3 is 0 Å². The summed E-state index contributed by atoms with van der Waals surface area (Å²) in [5.41, 5.74) is 0.465. The fourth-order valence-electron chi connectivity index (χ4n) is 3.31. The number of hydrogen-bond acceptors (Lipinski definition) is 3. The van der Waals surface area contributed by atoms with Gasteiger partial charge in [0.05, 0.1) is 12.7 Å². The fourth-order valence-corrected chi connectivity index (χ4v) is 3.31. The first kappa shape index (κ1) is 14.3. The Kier molecular flexibility index (Phi) is 4.68. The number of morpholine rings is 1. The van der Waals surface area contributed by atoms with E-state index in [1.165, 1.54) is 19.3 Å². The predicted octanol–water partition coefficient (Wildman–Crippen LogP) is 2.26. The second-order valence-electron chi connectivity index (χ2n) is 6.92. The van der Waals surface area contributed by atoms with E-state index in [0.29, 0.717) is 23.6 Å². The Balaban J connectivity index is 1.76. The van der Waals surface area contributed by atoms with Crippen LogP contribution in [-0.4, -0.2) is 49.3 Å². The van der Waals surface area contributed by atoms with Crippen molar-refractivity contribution in [1.82, 2.24) is 10.2 Å². The Morgan fingerprint density at radius 2 is 2.17 bits per heavy atom.